The minimum absolute atomic E-state index is 0.134. The Bertz CT molecular complexity index is 332. The molecule has 0 fully saturated rings. The molecule has 0 aliphatic heterocycles. The summed E-state index contributed by atoms with van der Waals surface area (Å²) < 4.78 is 0. The van der Waals surface area contributed by atoms with Gasteiger partial charge >= 0.3 is 0 Å². The molecule has 0 amide bonds. The third kappa shape index (κ3) is 2.71. The number of hydrogen-bond acceptors (Lipinski definition) is 4. The van der Waals surface area contributed by atoms with Crippen LogP contribution in [0.5, 0.6) is 0 Å². The Labute approximate surface area is 83.2 Å². The first kappa shape index (κ1) is 10.5. The van der Waals surface area contributed by atoms with Crippen molar-refractivity contribution in [2.24, 2.45) is 5.92 Å². The number of nitrogens with zero attached hydrogens (tertiary/aromatic N) is 2. The van der Waals surface area contributed by atoms with Crippen molar-refractivity contribution in [2.75, 3.05) is 18.5 Å². The van der Waals surface area contributed by atoms with E-state index >= 15 is 0 Å². The predicted octanol–water partition coefficient (Wildman–Crippen LogP) is 0.994. The van der Waals surface area contributed by atoms with Gasteiger partial charge in [-0.25, -0.2) is 4.98 Å². The van der Waals surface area contributed by atoms with Gasteiger partial charge in [0.05, 0.1) is 5.69 Å². The molecule has 14 heavy (non-hydrogen) atoms. The predicted molar refractivity (Wildman–Crippen MR) is 53.7 cm³/mol. The van der Waals surface area contributed by atoms with Crippen LogP contribution in [0, 0.1) is 17.2 Å². The van der Waals surface area contributed by atoms with E-state index in [1.165, 1.54) is 0 Å². The topological polar surface area (TPSA) is 68.9 Å². The first-order valence-electron chi connectivity index (χ1n) is 4.47. The third-order valence-corrected chi connectivity index (χ3v) is 1.87. The molecule has 0 radical (unpaired) electrons. The fourth-order valence-electron chi connectivity index (χ4n) is 0.986. The number of hydrogen-bond donors (Lipinski definition) is 2. The summed E-state index contributed by atoms with van der Waals surface area (Å²) in [4.78, 5) is 3.91. The van der Waals surface area contributed by atoms with Gasteiger partial charge in [-0.15, -0.1) is 0 Å². The maximum absolute atomic E-state index is 8.82. The number of pyridine rings is 1. The van der Waals surface area contributed by atoms with Crippen molar-refractivity contribution in [2.45, 2.75) is 6.92 Å². The van der Waals surface area contributed by atoms with Crippen molar-refractivity contribution in [1.82, 2.24) is 4.98 Å². The van der Waals surface area contributed by atoms with E-state index in [4.69, 9.17) is 10.4 Å². The summed E-state index contributed by atoms with van der Waals surface area (Å²) in [5.74, 6) is 0.168. The average Bonchev–Trinajstić information content (AvgIpc) is 2.26. The van der Waals surface area contributed by atoms with Crippen LogP contribution in [0.3, 0.4) is 0 Å². The van der Waals surface area contributed by atoms with Gasteiger partial charge in [-0.2, -0.15) is 5.26 Å². The van der Waals surface area contributed by atoms with E-state index in [1.54, 1.807) is 18.3 Å². The second-order valence-corrected chi connectivity index (χ2v) is 3.18. The minimum atomic E-state index is 0.134. The molecule has 0 bridgehead atoms. The summed E-state index contributed by atoms with van der Waals surface area (Å²) in [6, 6.07) is 5.57. The number of aromatic nitrogens is 1. The summed E-state index contributed by atoms with van der Waals surface area (Å²) in [6.07, 6.45) is 1.58. The highest BCUT2D eigenvalue weighted by molar-refractivity contribution is 5.53. The lowest BCUT2D eigenvalue weighted by atomic mass is 10.2. The molecular weight excluding hydrogens is 178 g/mol. The minimum Gasteiger partial charge on any atom is -0.396 e. The second kappa shape index (κ2) is 5.20. The molecule has 4 heteroatoms. The largest absolute Gasteiger partial charge is 0.396 e. The van der Waals surface area contributed by atoms with E-state index in [-0.39, 0.29) is 12.5 Å². The standard InChI is InChI=1S/C10H13N3O/c1-8(7-14)6-13-9-3-2-4-12-10(9)5-11/h2-4,8,13-14H,6-7H2,1H3. The van der Waals surface area contributed by atoms with Crippen LogP contribution >= 0.6 is 0 Å². The Morgan fingerprint density at radius 2 is 2.50 bits per heavy atom. The van der Waals surface area contributed by atoms with Crippen molar-refractivity contribution >= 4 is 5.69 Å². The Kier molecular flexibility index (Phi) is 3.89. The molecule has 1 heterocycles. The van der Waals surface area contributed by atoms with E-state index in [0.29, 0.717) is 12.2 Å². The van der Waals surface area contributed by atoms with Gasteiger partial charge in [0.1, 0.15) is 6.07 Å². The maximum atomic E-state index is 8.82. The van der Waals surface area contributed by atoms with Gasteiger partial charge in [0.15, 0.2) is 5.69 Å². The lowest BCUT2D eigenvalue weighted by molar-refractivity contribution is 0.244. The number of aliphatic hydroxyl groups excluding tert-OH is 1. The van der Waals surface area contributed by atoms with Gasteiger partial charge in [-0.1, -0.05) is 6.92 Å². The summed E-state index contributed by atoms with van der Waals surface area (Å²) in [5.41, 5.74) is 1.10. The maximum Gasteiger partial charge on any atom is 0.163 e. The van der Waals surface area contributed by atoms with E-state index in [0.717, 1.165) is 5.69 Å². The molecule has 1 unspecified atom stereocenters. The Hall–Kier alpha value is -1.60. The first-order valence-corrected chi connectivity index (χ1v) is 4.47. The molecule has 0 spiro atoms. The molecule has 0 saturated heterocycles. The van der Waals surface area contributed by atoms with Gasteiger partial charge in [0, 0.05) is 19.3 Å². The van der Waals surface area contributed by atoms with E-state index in [1.807, 2.05) is 13.0 Å². The summed E-state index contributed by atoms with van der Waals surface area (Å²) >= 11 is 0. The van der Waals surface area contributed by atoms with Crippen LogP contribution in [-0.4, -0.2) is 23.2 Å². The zero-order chi connectivity index (χ0) is 10.4. The van der Waals surface area contributed by atoms with Crippen LogP contribution in [0.1, 0.15) is 12.6 Å². The molecule has 2 N–H and O–H groups in total. The molecule has 0 aromatic carbocycles. The van der Waals surface area contributed by atoms with Gasteiger partial charge in [-0.3, -0.25) is 0 Å². The first-order chi connectivity index (χ1) is 6.77. The van der Waals surface area contributed by atoms with Crippen LogP contribution in [0.15, 0.2) is 18.3 Å². The van der Waals surface area contributed by atoms with Crippen molar-refractivity contribution in [1.29, 1.82) is 5.26 Å². The molecule has 0 saturated carbocycles. The Morgan fingerprint density at radius 3 is 3.14 bits per heavy atom. The zero-order valence-electron chi connectivity index (χ0n) is 8.07. The smallest absolute Gasteiger partial charge is 0.163 e. The highest BCUT2D eigenvalue weighted by atomic mass is 16.3. The van der Waals surface area contributed by atoms with Crippen molar-refractivity contribution in [3.63, 3.8) is 0 Å². The molecule has 1 rings (SSSR count). The van der Waals surface area contributed by atoms with E-state index in [9.17, 15) is 0 Å². The fraction of sp³-hybridized carbons (Fsp3) is 0.400. The van der Waals surface area contributed by atoms with Crippen LogP contribution in [0.25, 0.3) is 0 Å². The van der Waals surface area contributed by atoms with Crippen LogP contribution in [0.2, 0.25) is 0 Å². The average molecular weight is 191 g/mol. The van der Waals surface area contributed by atoms with Gasteiger partial charge in [0.25, 0.3) is 0 Å². The normalized spacial score (nSPS) is 11.8. The van der Waals surface area contributed by atoms with Crippen LogP contribution in [-0.2, 0) is 0 Å². The lowest BCUT2D eigenvalue weighted by Crippen LogP contribution is -2.15. The quantitative estimate of drug-likeness (QED) is 0.744. The number of rotatable bonds is 4. The van der Waals surface area contributed by atoms with Crippen molar-refractivity contribution < 1.29 is 5.11 Å². The van der Waals surface area contributed by atoms with Crippen LogP contribution in [0.4, 0.5) is 5.69 Å². The SMILES string of the molecule is CC(CO)CNc1cccnc1C#N. The monoisotopic (exact) mass is 191 g/mol. The van der Waals surface area contributed by atoms with Gasteiger partial charge in [-0.05, 0) is 18.1 Å². The molecule has 1 atom stereocenters. The Balaban J connectivity index is 2.63. The highest BCUT2D eigenvalue weighted by Gasteiger charge is 2.03. The number of anilines is 1. The van der Waals surface area contributed by atoms with E-state index in [2.05, 4.69) is 10.3 Å². The second-order valence-electron chi connectivity index (χ2n) is 3.18. The Morgan fingerprint density at radius 1 is 1.71 bits per heavy atom. The summed E-state index contributed by atoms with van der Waals surface area (Å²) in [5, 5.41) is 20.6. The molecule has 1 aromatic rings. The number of nitrogens with one attached hydrogen (secondary N) is 1. The number of aliphatic hydroxyl groups is 1. The molecule has 0 aliphatic carbocycles. The fourth-order valence-corrected chi connectivity index (χ4v) is 0.986. The molecule has 74 valence electrons. The van der Waals surface area contributed by atoms with Gasteiger partial charge < -0.3 is 10.4 Å². The van der Waals surface area contributed by atoms with Gasteiger partial charge in [0.2, 0.25) is 0 Å². The van der Waals surface area contributed by atoms with Crippen LogP contribution < -0.4 is 5.32 Å². The zero-order valence-corrected chi connectivity index (χ0v) is 8.07. The molecule has 0 aliphatic rings. The summed E-state index contributed by atoms with van der Waals surface area (Å²) in [7, 11) is 0. The highest BCUT2D eigenvalue weighted by Crippen LogP contribution is 2.10. The van der Waals surface area contributed by atoms with Crippen molar-refractivity contribution in [3.05, 3.63) is 24.0 Å². The summed E-state index contributed by atoms with van der Waals surface area (Å²) in [6.45, 7) is 2.70. The van der Waals surface area contributed by atoms with Crippen molar-refractivity contribution in [3.8, 4) is 6.07 Å². The third-order valence-electron chi connectivity index (χ3n) is 1.87. The molecular formula is C10H13N3O. The number of nitriles is 1. The molecule has 4 nitrogen and oxygen atoms in total. The molecule has 1 aromatic heterocycles. The lowest BCUT2D eigenvalue weighted by Gasteiger charge is -2.10. The van der Waals surface area contributed by atoms with E-state index < -0.39 is 0 Å².